The van der Waals surface area contributed by atoms with E-state index in [9.17, 15) is 21.6 Å². The van der Waals surface area contributed by atoms with Gasteiger partial charge in [0.25, 0.3) is 0 Å². The lowest BCUT2D eigenvalue weighted by Gasteiger charge is -2.30. The van der Waals surface area contributed by atoms with Gasteiger partial charge in [0.15, 0.2) is 0 Å². The van der Waals surface area contributed by atoms with E-state index in [1.807, 2.05) is 0 Å². The highest BCUT2D eigenvalue weighted by Crippen LogP contribution is 2.38. The number of nitrogens with one attached hydrogen (secondary N) is 1. The van der Waals surface area contributed by atoms with E-state index in [4.69, 9.17) is 0 Å². The number of sulfonamides is 1. The minimum absolute atomic E-state index is 0.0453. The second-order valence-electron chi connectivity index (χ2n) is 5.29. The normalized spacial score (nSPS) is 23.5. The van der Waals surface area contributed by atoms with Gasteiger partial charge >= 0.3 is 6.18 Å². The van der Waals surface area contributed by atoms with Crippen LogP contribution in [0.15, 0.2) is 32.0 Å². The molecule has 0 radical (unpaired) electrons. The first-order valence-electron chi connectivity index (χ1n) is 6.63. The van der Waals surface area contributed by atoms with Crippen molar-refractivity contribution in [2.75, 3.05) is 0 Å². The van der Waals surface area contributed by atoms with Gasteiger partial charge in [0.1, 0.15) is 0 Å². The fraction of sp³-hybridized carbons (Fsp3) is 0.538. The number of alkyl halides is 3. The van der Waals surface area contributed by atoms with Crippen LogP contribution in [0.5, 0.6) is 0 Å². The first-order valence-corrected chi connectivity index (χ1v) is 9.70. The molecule has 0 bridgehead atoms. The summed E-state index contributed by atoms with van der Waals surface area (Å²) in [6.45, 7) is 0. The third-order valence-corrected chi connectivity index (χ3v) is 6.70. The highest BCUT2D eigenvalue weighted by molar-refractivity contribution is 9.11. The van der Waals surface area contributed by atoms with Crippen LogP contribution >= 0.6 is 31.9 Å². The summed E-state index contributed by atoms with van der Waals surface area (Å²) in [6, 6.07) is 4.28. The summed E-state index contributed by atoms with van der Waals surface area (Å²) in [4.78, 5) is 0.0693. The Morgan fingerprint density at radius 2 is 1.68 bits per heavy atom. The van der Waals surface area contributed by atoms with Crippen molar-refractivity contribution < 1.29 is 21.6 Å². The smallest absolute Gasteiger partial charge is 0.208 e. The Balaban J connectivity index is 2.06. The van der Waals surface area contributed by atoms with E-state index < -0.39 is 28.2 Å². The van der Waals surface area contributed by atoms with Crippen LogP contribution in [0.3, 0.4) is 0 Å². The molecule has 0 aliphatic heterocycles. The molecule has 1 fully saturated rings. The number of benzene rings is 1. The summed E-state index contributed by atoms with van der Waals surface area (Å²) in [7, 11) is -3.77. The van der Waals surface area contributed by atoms with Crippen molar-refractivity contribution in [3.8, 4) is 0 Å². The van der Waals surface area contributed by atoms with E-state index in [1.54, 1.807) is 12.1 Å². The maximum Gasteiger partial charge on any atom is 0.391 e. The van der Waals surface area contributed by atoms with Crippen LogP contribution in [-0.2, 0) is 10.0 Å². The third kappa shape index (κ3) is 4.46. The van der Waals surface area contributed by atoms with Crippen LogP contribution in [-0.4, -0.2) is 20.6 Å². The monoisotopic (exact) mass is 463 g/mol. The number of hydrogen-bond acceptors (Lipinski definition) is 2. The van der Waals surface area contributed by atoms with Crippen molar-refractivity contribution in [1.82, 2.24) is 4.72 Å². The second kappa shape index (κ2) is 6.78. The zero-order chi connectivity index (χ0) is 16.5. The molecule has 2 rings (SSSR count). The van der Waals surface area contributed by atoms with E-state index in [2.05, 4.69) is 36.6 Å². The molecule has 1 aliphatic rings. The second-order valence-corrected chi connectivity index (χ2v) is 8.74. The van der Waals surface area contributed by atoms with Gasteiger partial charge in [-0.15, -0.1) is 0 Å². The molecule has 9 heteroatoms. The van der Waals surface area contributed by atoms with Crippen LogP contribution in [0.25, 0.3) is 0 Å². The Bertz CT molecular complexity index is 641. The van der Waals surface area contributed by atoms with E-state index in [-0.39, 0.29) is 30.6 Å². The Kier molecular flexibility index (Phi) is 5.62. The van der Waals surface area contributed by atoms with Crippen LogP contribution in [0.2, 0.25) is 0 Å². The third-order valence-electron chi connectivity index (χ3n) is 3.69. The summed E-state index contributed by atoms with van der Waals surface area (Å²) in [6.07, 6.45) is -3.91. The number of rotatable bonds is 3. The average Bonchev–Trinajstić information content (AvgIpc) is 2.40. The van der Waals surface area contributed by atoms with Gasteiger partial charge in [-0.3, -0.25) is 0 Å². The van der Waals surface area contributed by atoms with Gasteiger partial charge in [-0.1, -0.05) is 15.9 Å². The number of halogens is 5. The SMILES string of the molecule is O=S(=O)(NC1CCC(C(F)(F)F)CC1)c1cc(Br)ccc1Br. The van der Waals surface area contributed by atoms with Gasteiger partial charge in [0, 0.05) is 15.0 Å². The van der Waals surface area contributed by atoms with E-state index >= 15 is 0 Å². The summed E-state index contributed by atoms with van der Waals surface area (Å²) in [5, 5.41) is 0. The first kappa shape index (κ1) is 18.2. The molecule has 0 saturated heterocycles. The Morgan fingerprint density at radius 3 is 2.23 bits per heavy atom. The molecule has 1 aliphatic carbocycles. The predicted molar refractivity (Wildman–Crippen MR) is 84.0 cm³/mol. The molecule has 3 nitrogen and oxygen atoms in total. The molecular weight excluding hydrogens is 451 g/mol. The summed E-state index contributed by atoms with van der Waals surface area (Å²) < 4.78 is 66.1. The summed E-state index contributed by atoms with van der Waals surface area (Å²) in [5.41, 5.74) is 0. The Hall–Kier alpha value is -0.120. The molecule has 1 N–H and O–H groups in total. The minimum atomic E-state index is -4.20. The lowest BCUT2D eigenvalue weighted by Crippen LogP contribution is -2.40. The maximum absolute atomic E-state index is 12.6. The molecule has 22 heavy (non-hydrogen) atoms. The van der Waals surface area contributed by atoms with Crippen LogP contribution < -0.4 is 4.72 Å². The standard InChI is InChI=1S/C13H14Br2F3NO2S/c14-9-3-6-11(15)12(7-9)22(20,21)19-10-4-1-8(2-5-10)13(16,17)18/h3,6-8,10,19H,1-2,4-5H2. The Morgan fingerprint density at radius 1 is 1.09 bits per heavy atom. The minimum Gasteiger partial charge on any atom is -0.208 e. The first-order chi connectivity index (χ1) is 10.1. The highest BCUT2D eigenvalue weighted by atomic mass is 79.9. The lowest BCUT2D eigenvalue weighted by molar-refractivity contribution is -0.182. The fourth-order valence-electron chi connectivity index (χ4n) is 2.50. The van der Waals surface area contributed by atoms with Gasteiger partial charge in [0.2, 0.25) is 10.0 Å². The molecule has 0 heterocycles. The van der Waals surface area contributed by atoms with Crippen molar-refractivity contribution in [1.29, 1.82) is 0 Å². The molecule has 0 amide bonds. The molecule has 1 aromatic rings. The highest BCUT2D eigenvalue weighted by Gasteiger charge is 2.42. The zero-order valence-electron chi connectivity index (χ0n) is 11.3. The molecule has 0 unspecified atom stereocenters. The van der Waals surface area contributed by atoms with E-state index in [0.29, 0.717) is 8.95 Å². The average molecular weight is 465 g/mol. The zero-order valence-corrected chi connectivity index (χ0v) is 15.3. The van der Waals surface area contributed by atoms with Crippen LogP contribution in [0.1, 0.15) is 25.7 Å². The topological polar surface area (TPSA) is 46.2 Å². The molecule has 1 aromatic carbocycles. The molecular formula is C13H14Br2F3NO2S. The van der Waals surface area contributed by atoms with E-state index in [1.165, 1.54) is 6.07 Å². The number of hydrogen-bond donors (Lipinski definition) is 1. The Labute approximate surface area is 144 Å². The van der Waals surface area contributed by atoms with Gasteiger partial charge < -0.3 is 0 Å². The van der Waals surface area contributed by atoms with Gasteiger partial charge in [-0.25, -0.2) is 13.1 Å². The van der Waals surface area contributed by atoms with Crippen LogP contribution in [0, 0.1) is 5.92 Å². The van der Waals surface area contributed by atoms with Crippen LogP contribution in [0.4, 0.5) is 13.2 Å². The molecule has 1 saturated carbocycles. The van der Waals surface area contributed by atoms with E-state index in [0.717, 1.165) is 0 Å². The fourth-order valence-corrected chi connectivity index (χ4v) is 5.31. The van der Waals surface area contributed by atoms with Crippen molar-refractivity contribution in [2.24, 2.45) is 5.92 Å². The van der Waals surface area contributed by atoms with Gasteiger partial charge in [-0.2, -0.15) is 13.2 Å². The van der Waals surface area contributed by atoms with Gasteiger partial charge in [-0.05, 0) is 59.8 Å². The quantitative estimate of drug-likeness (QED) is 0.709. The maximum atomic E-state index is 12.6. The molecule has 0 aromatic heterocycles. The predicted octanol–water partition coefficient (Wildman–Crippen LogP) is 4.61. The molecule has 124 valence electrons. The van der Waals surface area contributed by atoms with Crippen molar-refractivity contribution >= 4 is 41.9 Å². The van der Waals surface area contributed by atoms with Crippen molar-refractivity contribution in [2.45, 2.75) is 42.8 Å². The molecule has 0 spiro atoms. The van der Waals surface area contributed by atoms with Crippen molar-refractivity contribution in [3.63, 3.8) is 0 Å². The summed E-state index contributed by atoms with van der Waals surface area (Å²) in [5.74, 6) is -1.33. The largest absolute Gasteiger partial charge is 0.391 e. The van der Waals surface area contributed by atoms with Crippen molar-refractivity contribution in [3.05, 3.63) is 27.1 Å². The lowest BCUT2D eigenvalue weighted by atomic mass is 9.86. The summed E-state index contributed by atoms with van der Waals surface area (Å²) >= 11 is 6.38. The molecule has 0 atom stereocenters. The van der Waals surface area contributed by atoms with Gasteiger partial charge in [0.05, 0.1) is 10.8 Å².